The van der Waals surface area contributed by atoms with Crippen LogP contribution in [0.5, 0.6) is 0 Å². The van der Waals surface area contributed by atoms with E-state index in [2.05, 4.69) is 26.5 Å². The molecule has 0 aliphatic carbocycles. The molecule has 0 amide bonds. The first-order valence-electron chi connectivity index (χ1n) is 5.16. The van der Waals surface area contributed by atoms with Gasteiger partial charge in [0.1, 0.15) is 12.0 Å². The van der Waals surface area contributed by atoms with Crippen LogP contribution < -0.4 is 5.49 Å². The third-order valence-corrected chi connectivity index (χ3v) is 2.17. The molecule has 0 aliphatic rings. The summed E-state index contributed by atoms with van der Waals surface area (Å²) < 4.78 is 1.89. The number of aromatic nitrogens is 4. The largest absolute Gasteiger partial charge is 0.333 e. The summed E-state index contributed by atoms with van der Waals surface area (Å²) in [5.41, 5.74) is 3.06. The fraction of sp³-hybridized carbons (Fsp3) is 0.167. The van der Waals surface area contributed by atoms with Crippen LogP contribution >= 0.6 is 0 Å². The van der Waals surface area contributed by atoms with Crippen molar-refractivity contribution in [2.24, 2.45) is 12.0 Å². The van der Waals surface area contributed by atoms with Crippen LogP contribution in [0.25, 0.3) is 11.3 Å². The van der Waals surface area contributed by atoms with Gasteiger partial charge in [0.25, 0.3) is 0 Å². The second-order valence-electron chi connectivity index (χ2n) is 3.68. The van der Waals surface area contributed by atoms with Crippen molar-refractivity contribution in [1.82, 2.24) is 19.5 Å². The molecule has 0 saturated carbocycles. The molecule has 86 valence electrons. The second kappa shape index (κ2) is 4.69. The first kappa shape index (κ1) is 11.2. The Morgan fingerprint density at radius 1 is 1.35 bits per heavy atom. The topological polar surface area (TPSA) is 56.0 Å². The van der Waals surface area contributed by atoms with Gasteiger partial charge in [-0.1, -0.05) is 6.58 Å². The Labute approximate surface area is 99.2 Å². The van der Waals surface area contributed by atoms with Crippen molar-refractivity contribution in [3.05, 3.63) is 48.9 Å². The SMILES string of the molecule is C=C(C)N=c1c(-c2cncnc2)nccn1C. The van der Waals surface area contributed by atoms with E-state index in [9.17, 15) is 0 Å². The van der Waals surface area contributed by atoms with Crippen LogP contribution in [0.15, 0.2) is 48.4 Å². The number of allylic oxidation sites excluding steroid dienone is 1. The molecular formula is C12H13N5. The minimum absolute atomic E-state index is 0.728. The summed E-state index contributed by atoms with van der Waals surface area (Å²) in [6, 6.07) is 0. The number of nitrogens with zero attached hydrogens (tertiary/aromatic N) is 5. The van der Waals surface area contributed by atoms with Gasteiger partial charge < -0.3 is 4.57 Å². The molecule has 2 aromatic heterocycles. The predicted octanol–water partition coefficient (Wildman–Crippen LogP) is 1.31. The third kappa shape index (κ3) is 2.44. The third-order valence-electron chi connectivity index (χ3n) is 2.17. The molecule has 2 aromatic rings. The van der Waals surface area contributed by atoms with Crippen molar-refractivity contribution in [2.45, 2.75) is 6.92 Å². The van der Waals surface area contributed by atoms with Crippen molar-refractivity contribution in [1.29, 1.82) is 0 Å². The molecule has 0 bridgehead atoms. The van der Waals surface area contributed by atoms with E-state index in [-0.39, 0.29) is 0 Å². The fourth-order valence-corrected chi connectivity index (χ4v) is 1.44. The lowest BCUT2D eigenvalue weighted by atomic mass is 10.2. The van der Waals surface area contributed by atoms with Crippen LogP contribution in [-0.4, -0.2) is 19.5 Å². The molecule has 0 N–H and O–H groups in total. The van der Waals surface area contributed by atoms with Gasteiger partial charge in [-0.3, -0.25) is 4.98 Å². The smallest absolute Gasteiger partial charge is 0.159 e. The molecule has 5 heteroatoms. The van der Waals surface area contributed by atoms with Gasteiger partial charge in [-0.25, -0.2) is 15.0 Å². The van der Waals surface area contributed by atoms with Gasteiger partial charge >= 0.3 is 0 Å². The van der Waals surface area contributed by atoms with Gasteiger partial charge in [0.2, 0.25) is 0 Å². The minimum Gasteiger partial charge on any atom is -0.333 e. The van der Waals surface area contributed by atoms with E-state index in [0.29, 0.717) is 0 Å². The van der Waals surface area contributed by atoms with Crippen molar-refractivity contribution in [3.8, 4) is 11.3 Å². The second-order valence-corrected chi connectivity index (χ2v) is 3.68. The lowest BCUT2D eigenvalue weighted by Crippen LogP contribution is -2.21. The van der Waals surface area contributed by atoms with Crippen LogP contribution in [0.2, 0.25) is 0 Å². The van der Waals surface area contributed by atoms with E-state index in [0.717, 1.165) is 22.4 Å². The molecule has 0 atom stereocenters. The van der Waals surface area contributed by atoms with Crippen LogP contribution in [0.3, 0.4) is 0 Å². The number of hydrogen-bond acceptors (Lipinski definition) is 4. The molecule has 0 spiro atoms. The predicted molar refractivity (Wildman–Crippen MR) is 64.6 cm³/mol. The molecule has 0 saturated heterocycles. The maximum Gasteiger partial charge on any atom is 0.159 e. The van der Waals surface area contributed by atoms with Gasteiger partial charge in [-0.05, 0) is 6.92 Å². The van der Waals surface area contributed by atoms with E-state index in [1.165, 1.54) is 6.33 Å². The lowest BCUT2D eigenvalue weighted by Gasteiger charge is -2.05. The number of rotatable bonds is 2. The van der Waals surface area contributed by atoms with E-state index in [4.69, 9.17) is 0 Å². The summed E-state index contributed by atoms with van der Waals surface area (Å²) in [6.07, 6.45) is 8.48. The zero-order valence-electron chi connectivity index (χ0n) is 9.83. The summed E-state index contributed by atoms with van der Waals surface area (Å²) in [5, 5.41) is 0. The maximum absolute atomic E-state index is 4.39. The van der Waals surface area contributed by atoms with Gasteiger partial charge in [0.15, 0.2) is 5.49 Å². The standard InChI is InChI=1S/C12H13N5/c1-9(2)16-12-11(15-4-5-17(12)3)10-6-13-8-14-7-10/h4-8H,1H2,2-3H3. The highest BCUT2D eigenvalue weighted by Crippen LogP contribution is 2.08. The van der Waals surface area contributed by atoms with E-state index in [1.807, 2.05) is 24.7 Å². The molecule has 0 aromatic carbocycles. The summed E-state index contributed by atoms with van der Waals surface area (Å²) in [6.45, 7) is 5.63. The minimum atomic E-state index is 0.728. The average Bonchev–Trinajstić information content (AvgIpc) is 2.32. The average molecular weight is 227 g/mol. The Kier molecular flexibility index (Phi) is 3.09. The lowest BCUT2D eigenvalue weighted by molar-refractivity contribution is 0.813. The van der Waals surface area contributed by atoms with Crippen molar-refractivity contribution < 1.29 is 0 Å². The maximum atomic E-state index is 4.39. The highest BCUT2D eigenvalue weighted by molar-refractivity contribution is 5.54. The monoisotopic (exact) mass is 227 g/mol. The van der Waals surface area contributed by atoms with E-state index in [1.54, 1.807) is 18.6 Å². The van der Waals surface area contributed by atoms with Crippen LogP contribution in [0, 0.1) is 0 Å². The molecule has 2 rings (SSSR count). The van der Waals surface area contributed by atoms with Gasteiger partial charge in [0.05, 0.1) is 0 Å². The van der Waals surface area contributed by atoms with E-state index < -0.39 is 0 Å². The summed E-state index contributed by atoms with van der Waals surface area (Å²) in [7, 11) is 1.91. The van der Waals surface area contributed by atoms with Gasteiger partial charge in [-0.15, -0.1) is 0 Å². The normalized spacial score (nSPS) is 11.5. The van der Waals surface area contributed by atoms with Crippen LogP contribution in [0.1, 0.15) is 6.92 Å². The molecule has 0 radical (unpaired) electrons. The Morgan fingerprint density at radius 3 is 2.71 bits per heavy atom. The van der Waals surface area contributed by atoms with Crippen molar-refractivity contribution >= 4 is 0 Å². The Morgan fingerprint density at radius 2 is 2.06 bits per heavy atom. The van der Waals surface area contributed by atoms with Crippen molar-refractivity contribution in [2.75, 3.05) is 0 Å². The summed E-state index contributed by atoms with van der Waals surface area (Å²) >= 11 is 0. The number of hydrogen-bond donors (Lipinski definition) is 0. The van der Waals surface area contributed by atoms with Crippen LogP contribution in [0.4, 0.5) is 0 Å². The summed E-state index contributed by atoms with van der Waals surface area (Å²) in [5.74, 6) is 0. The summed E-state index contributed by atoms with van der Waals surface area (Å²) in [4.78, 5) is 16.7. The zero-order valence-corrected chi connectivity index (χ0v) is 9.83. The number of aryl methyl sites for hydroxylation is 1. The Balaban J connectivity index is 2.71. The molecule has 0 unspecified atom stereocenters. The van der Waals surface area contributed by atoms with Crippen LogP contribution in [-0.2, 0) is 7.05 Å². The zero-order chi connectivity index (χ0) is 12.3. The first-order valence-corrected chi connectivity index (χ1v) is 5.16. The molecular weight excluding hydrogens is 214 g/mol. The molecule has 0 aliphatic heterocycles. The van der Waals surface area contributed by atoms with Crippen molar-refractivity contribution in [3.63, 3.8) is 0 Å². The molecule has 17 heavy (non-hydrogen) atoms. The highest BCUT2D eigenvalue weighted by Gasteiger charge is 2.04. The fourth-order valence-electron chi connectivity index (χ4n) is 1.44. The molecule has 0 fully saturated rings. The van der Waals surface area contributed by atoms with E-state index >= 15 is 0 Å². The first-order chi connectivity index (χ1) is 8.18. The Bertz CT molecular complexity index is 598. The Hall–Kier alpha value is -2.30. The quantitative estimate of drug-likeness (QED) is 0.777. The highest BCUT2D eigenvalue weighted by atomic mass is 15.0. The van der Waals surface area contributed by atoms with Gasteiger partial charge in [0, 0.05) is 43.1 Å². The van der Waals surface area contributed by atoms with Gasteiger partial charge in [-0.2, -0.15) is 0 Å². The molecule has 5 nitrogen and oxygen atoms in total. The molecule has 2 heterocycles.